The van der Waals surface area contributed by atoms with Gasteiger partial charge in [0.05, 0.1) is 0 Å². The maximum absolute atomic E-state index is 14.0. The second kappa shape index (κ2) is 7.30. The molecule has 138 valence electrons. The van der Waals surface area contributed by atoms with Crippen molar-refractivity contribution < 1.29 is 13.9 Å². The zero-order valence-corrected chi connectivity index (χ0v) is 15.1. The summed E-state index contributed by atoms with van der Waals surface area (Å²) >= 11 is 0. The third kappa shape index (κ3) is 3.96. The maximum Gasteiger partial charge on any atom is 0.314 e. The van der Waals surface area contributed by atoms with Gasteiger partial charge in [0, 0.05) is 37.3 Å². The normalized spacial score (nSPS) is 21.0. The molecule has 1 saturated carbocycles. The van der Waals surface area contributed by atoms with E-state index < -0.39 is 0 Å². The molecule has 0 unspecified atom stereocenters. The van der Waals surface area contributed by atoms with Gasteiger partial charge in [0.25, 0.3) is 0 Å². The predicted molar refractivity (Wildman–Crippen MR) is 95.2 cm³/mol. The monoisotopic (exact) mass is 349 g/mol. The molecule has 2 fully saturated rings. The SMILES string of the molecule is CN(C)C1(CNC(=O)NCC2(c3ccccc3F)CC2)CCOCC1. The third-order valence-corrected chi connectivity index (χ3v) is 5.84. The van der Waals surface area contributed by atoms with Gasteiger partial charge in [-0.2, -0.15) is 0 Å². The number of likely N-dealkylation sites (N-methyl/N-ethyl adjacent to an activating group) is 1. The zero-order valence-electron chi connectivity index (χ0n) is 15.1. The topological polar surface area (TPSA) is 53.6 Å². The summed E-state index contributed by atoms with van der Waals surface area (Å²) in [4.78, 5) is 14.5. The number of hydrogen-bond acceptors (Lipinski definition) is 3. The van der Waals surface area contributed by atoms with Gasteiger partial charge in [-0.1, -0.05) is 18.2 Å². The first kappa shape index (κ1) is 18.1. The van der Waals surface area contributed by atoms with E-state index in [1.807, 2.05) is 26.2 Å². The molecule has 3 rings (SSSR count). The molecule has 0 bridgehead atoms. The van der Waals surface area contributed by atoms with E-state index in [1.165, 1.54) is 6.07 Å². The average Bonchev–Trinajstić information content (AvgIpc) is 3.40. The molecular formula is C19H28FN3O2. The molecule has 5 nitrogen and oxygen atoms in total. The van der Waals surface area contributed by atoms with Crippen LogP contribution in [0.15, 0.2) is 24.3 Å². The molecule has 0 atom stereocenters. The Labute approximate surface area is 148 Å². The number of carbonyl (C=O) groups is 1. The molecule has 1 saturated heterocycles. The molecule has 1 heterocycles. The van der Waals surface area contributed by atoms with Crippen molar-refractivity contribution in [1.82, 2.24) is 15.5 Å². The first-order valence-electron chi connectivity index (χ1n) is 8.99. The van der Waals surface area contributed by atoms with Crippen molar-refractivity contribution in [2.24, 2.45) is 0 Å². The molecule has 6 heteroatoms. The molecular weight excluding hydrogens is 321 g/mol. The van der Waals surface area contributed by atoms with Crippen molar-refractivity contribution in [3.8, 4) is 0 Å². The minimum absolute atomic E-state index is 0.0571. The zero-order chi connectivity index (χ0) is 17.9. The summed E-state index contributed by atoms with van der Waals surface area (Å²) in [5, 5.41) is 5.94. The number of ether oxygens (including phenoxy) is 1. The van der Waals surface area contributed by atoms with Crippen molar-refractivity contribution in [1.29, 1.82) is 0 Å². The van der Waals surface area contributed by atoms with Crippen LogP contribution >= 0.6 is 0 Å². The van der Waals surface area contributed by atoms with Crippen LogP contribution in [0.25, 0.3) is 0 Å². The minimum Gasteiger partial charge on any atom is -0.381 e. The van der Waals surface area contributed by atoms with Gasteiger partial charge in [-0.05, 0) is 51.4 Å². The van der Waals surface area contributed by atoms with Crippen LogP contribution in [0.2, 0.25) is 0 Å². The Kier molecular flexibility index (Phi) is 5.29. The molecule has 2 amide bonds. The summed E-state index contributed by atoms with van der Waals surface area (Å²) in [5.74, 6) is -0.184. The lowest BCUT2D eigenvalue weighted by Gasteiger charge is -2.42. The lowest BCUT2D eigenvalue weighted by Crippen LogP contribution is -2.57. The van der Waals surface area contributed by atoms with Gasteiger partial charge >= 0.3 is 6.03 Å². The largest absolute Gasteiger partial charge is 0.381 e. The number of carbonyl (C=O) groups excluding carboxylic acids is 1. The number of amides is 2. The van der Waals surface area contributed by atoms with Crippen molar-refractivity contribution in [3.05, 3.63) is 35.6 Å². The van der Waals surface area contributed by atoms with Crippen LogP contribution in [-0.2, 0) is 10.2 Å². The highest BCUT2D eigenvalue weighted by molar-refractivity contribution is 5.74. The van der Waals surface area contributed by atoms with Gasteiger partial charge in [-0.25, -0.2) is 9.18 Å². The summed E-state index contributed by atoms with van der Waals surface area (Å²) < 4.78 is 19.5. The molecule has 0 spiro atoms. The number of hydrogen-bond donors (Lipinski definition) is 2. The van der Waals surface area contributed by atoms with Crippen LogP contribution < -0.4 is 10.6 Å². The van der Waals surface area contributed by atoms with Crippen molar-refractivity contribution in [3.63, 3.8) is 0 Å². The summed E-state index contributed by atoms with van der Waals surface area (Å²) in [5.41, 5.74) is 0.420. The van der Waals surface area contributed by atoms with E-state index in [9.17, 15) is 9.18 Å². The number of halogens is 1. The Balaban J connectivity index is 1.52. The molecule has 0 radical (unpaired) electrons. The molecule has 1 aromatic rings. The average molecular weight is 349 g/mol. The van der Waals surface area contributed by atoms with Gasteiger partial charge in [0.2, 0.25) is 0 Å². The second-order valence-electron chi connectivity index (χ2n) is 7.53. The highest BCUT2D eigenvalue weighted by atomic mass is 19.1. The predicted octanol–water partition coefficient (Wildman–Crippen LogP) is 2.27. The van der Waals surface area contributed by atoms with Gasteiger partial charge in [0.15, 0.2) is 0 Å². The van der Waals surface area contributed by atoms with Gasteiger partial charge in [-0.15, -0.1) is 0 Å². The Morgan fingerprint density at radius 3 is 2.36 bits per heavy atom. The van der Waals surface area contributed by atoms with Crippen LogP contribution in [0.1, 0.15) is 31.2 Å². The van der Waals surface area contributed by atoms with Crippen LogP contribution in [-0.4, -0.2) is 56.9 Å². The standard InChI is InChI=1S/C19H28FN3O2/c1-23(2)19(9-11-25-12-10-19)14-22-17(24)21-13-18(7-8-18)15-5-3-4-6-16(15)20/h3-6H,7-14H2,1-2H3,(H2,21,22,24). The molecule has 0 aromatic heterocycles. The van der Waals surface area contributed by atoms with E-state index in [-0.39, 0.29) is 22.8 Å². The molecule has 25 heavy (non-hydrogen) atoms. The summed E-state index contributed by atoms with van der Waals surface area (Å²) in [7, 11) is 4.09. The molecule has 1 aliphatic heterocycles. The number of urea groups is 1. The van der Waals surface area contributed by atoms with Crippen molar-refractivity contribution in [2.45, 2.75) is 36.6 Å². The first-order chi connectivity index (χ1) is 12.0. The van der Waals surface area contributed by atoms with Crippen LogP contribution in [0, 0.1) is 5.82 Å². The first-order valence-corrected chi connectivity index (χ1v) is 8.99. The van der Waals surface area contributed by atoms with Gasteiger partial charge in [-0.3, -0.25) is 0 Å². The Morgan fingerprint density at radius 2 is 1.76 bits per heavy atom. The van der Waals surface area contributed by atoms with E-state index in [0.717, 1.165) is 38.9 Å². The second-order valence-corrected chi connectivity index (χ2v) is 7.53. The number of nitrogens with one attached hydrogen (secondary N) is 2. The smallest absolute Gasteiger partial charge is 0.314 e. The molecule has 1 aliphatic carbocycles. The van der Waals surface area contributed by atoms with Crippen LogP contribution in [0.3, 0.4) is 0 Å². The van der Waals surface area contributed by atoms with E-state index in [4.69, 9.17) is 4.74 Å². The Morgan fingerprint density at radius 1 is 1.12 bits per heavy atom. The summed E-state index contributed by atoms with van der Waals surface area (Å²) in [6.07, 6.45) is 3.62. The third-order valence-electron chi connectivity index (χ3n) is 5.84. The summed E-state index contributed by atoms with van der Waals surface area (Å²) in [6.45, 7) is 2.50. The Bertz CT molecular complexity index is 610. The lowest BCUT2D eigenvalue weighted by atomic mass is 9.88. The fourth-order valence-corrected chi connectivity index (χ4v) is 3.67. The van der Waals surface area contributed by atoms with Crippen molar-refractivity contribution >= 4 is 6.03 Å². The lowest BCUT2D eigenvalue weighted by molar-refractivity contribution is -0.00571. The highest BCUT2D eigenvalue weighted by Crippen LogP contribution is 2.48. The molecule has 2 N–H and O–H groups in total. The highest BCUT2D eigenvalue weighted by Gasteiger charge is 2.46. The minimum atomic E-state index is -0.236. The number of nitrogens with zero attached hydrogens (tertiary/aromatic N) is 1. The van der Waals surface area contributed by atoms with Crippen LogP contribution in [0.4, 0.5) is 9.18 Å². The van der Waals surface area contributed by atoms with E-state index in [2.05, 4.69) is 15.5 Å². The van der Waals surface area contributed by atoms with E-state index in [0.29, 0.717) is 18.7 Å². The Hall–Kier alpha value is -1.66. The van der Waals surface area contributed by atoms with Gasteiger partial charge < -0.3 is 20.3 Å². The molecule has 2 aliphatic rings. The van der Waals surface area contributed by atoms with E-state index in [1.54, 1.807) is 6.07 Å². The van der Waals surface area contributed by atoms with Crippen molar-refractivity contribution in [2.75, 3.05) is 40.4 Å². The fourth-order valence-electron chi connectivity index (χ4n) is 3.67. The van der Waals surface area contributed by atoms with Gasteiger partial charge in [0.1, 0.15) is 5.82 Å². The summed E-state index contributed by atoms with van der Waals surface area (Å²) in [6, 6.07) is 6.68. The van der Waals surface area contributed by atoms with Crippen LogP contribution in [0.5, 0.6) is 0 Å². The quantitative estimate of drug-likeness (QED) is 0.828. The van der Waals surface area contributed by atoms with E-state index >= 15 is 0 Å². The number of rotatable bonds is 6. The molecule has 1 aromatic carbocycles. The number of benzene rings is 1. The fraction of sp³-hybridized carbons (Fsp3) is 0.632. The maximum atomic E-state index is 14.0.